The maximum absolute atomic E-state index is 12.2. The first-order valence-electron chi connectivity index (χ1n) is 6.53. The molecule has 0 fully saturated rings. The molecule has 3 aromatic rings. The number of benzene rings is 1. The summed E-state index contributed by atoms with van der Waals surface area (Å²) in [5.74, 6) is -0.406. The molecule has 1 aromatic carbocycles. The van der Waals surface area contributed by atoms with Crippen LogP contribution in [0, 0.1) is 0 Å². The zero-order valence-corrected chi connectivity index (χ0v) is 14.8. The van der Waals surface area contributed by atoms with E-state index in [1.165, 1.54) is 18.5 Å². The van der Waals surface area contributed by atoms with Crippen molar-refractivity contribution in [3.63, 3.8) is 0 Å². The van der Waals surface area contributed by atoms with Gasteiger partial charge in [0.05, 0.1) is 17.4 Å². The highest BCUT2D eigenvalue weighted by Gasteiger charge is 2.12. The number of aromatic amines is 1. The van der Waals surface area contributed by atoms with Gasteiger partial charge < -0.3 is 10.3 Å². The Labute approximate surface area is 147 Å². The summed E-state index contributed by atoms with van der Waals surface area (Å²) in [6, 6.07) is 9.06. The van der Waals surface area contributed by atoms with Gasteiger partial charge in [0.2, 0.25) is 0 Å². The normalized spacial score (nSPS) is 10.5. The highest BCUT2D eigenvalue weighted by Crippen LogP contribution is 2.15. The number of carbonyl (C=O) groups is 1. The third kappa shape index (κ3) is 3.59. The van der Waals surface area contributed by atoms with Crippen LogP contribution in [0.5, 0.6) is 0 Å². The van der Waals surface area contributed by atoms with Crippen LogP contribution in [-0.2, 0) is 0 Å². The number of H-pyrrole nitrogens is 1. The summed E-state index contributed by atoms with van der Waals surface area (Å²) < 4.78 is 3.21. The van der Waals surface area contributed by atoms with E-state index in [0.29, 0.717) is 10.0 Å². The second kappa shape index (κ2) is 6.51. The Balaban J connectivity index is 1.82. The molecule has 6 nitrogen and oxygen atoms in total. The molecule has 0 atom stereocenters. The van der Waals surface area contributed by atoms with Gasteiger partial charge in [-0.2, -0.15) is 5.10 Å². The largest absolute Gasteiger partial charge is 0.326 e. The van der Waals surface area contributed by atoms with E-state index >= 15 is 0 Å². The fourth-order valence-electron chi connectivity index (χ4n) is 1.92. The van der Waals surface area contributed by atoms with Crippen molar-refractivity contribution in [3.05, 3.63) is 73.8 Å². The molecule has 0 bridgehead atoms. The molecule has 0 saturated heterocycles. The fraction of sp³-hybridized carbons (Fsp3) is 0. The molecule has 2 heterocycles. The number of anilines is 1. The lowest BCUT2D eigenvalue weighted by Crippen LogP contribution is -2.19. The van der Waals surface area contributed by atoms with Gasteiger partial charge in [-0.1, -0.05) is 15.9 Å². The lowest BCUT2D eigenvalue weighted by molar-refractivity contribution is 0.102. The number of halogens is 2. The maximum Gasteiger partial charge on any atom is 0.271 e. The minimum Gasteiger partial charge on any atom is -0.326 e. The molecule has 3 rings (SSSR count). The molecular weight excluding hydrogens is 428 g/mol. The summed E-state index contributed by atoms with van der Waals surface area (Å²) >= 11 is 6.61. The van der Waals surface area contributed by atoms with E-state index < -0.39 is 5.91 Å². The summed E-state index contributed by atoms with van der Waals surface area (Å²) in [5, 5.41) is 6.73. The highest BCUT2D eigenvalue weighted by atomic mass is 79.9. The molecule has 0 saturated carbocycles. The first-order chi connectivity index (χ1) is 11.0. The average Bonchev–Trinajstić information content (AvgIpc) is 3.02. The van der Waals surface area contributed by atoms with Gasteiger partial charge in [-0.05, 0) is 46.3 Å². The summed E-state index contributed by atoms with van der Waals surface area (Å²) in [5.41, 5.74) is 0.975. The van der Waals surface area contributed by atoms with Crippen molar-refractivity contribution < 1.29 is 4.79 Å². The molecule has 23 heavy (non-hydrogen) atoms. The summed E-state index contributed by atoms with van der Waals surface area (Å²) in [6.07, 6.45) is 4.55. The SMILES string of the molecule is O=C(Nc1cc(Br)c[nH]c1=O)c1cnn(-c2ccc(Br)cc2)c1. The zero-order valence-electron chi connectivity index (χ0n) is 11.6. The van der Waals surface area contributed by atoms with Crippen LogP contribution in [0.15, 0.2) is 62.7 Å². The molecule has 116 valence electrons. The van der Waals surface area contributed by atoms with Crippen LogP contribution in [0.3, 0.4) is 0 Å². The molecular formula is C15H10Br2N4O2. The Bertz CT molecular complexity index is 916. The Morgan fingerprint density at radius 2 is 1.91 bits per heavy atom. The molecule has 2 N–H and O–H groups in total. The van der Waals surface area contributed by atoms with Crippen LogP contribution >= 0.6 is 31.9 Å². The van der Waals surface area contributed by atoms with Crippen molar-refractivity contribution >= 4 is 43.5 Å². The van der Waals surface area contributed by atoms with E-state index in [1.54, 1.807) is 10.9 Å². The quantitative estimate of drug-likeness (QED) is 0.659. The number of rotatable bonds is 3. The number of nitrogens with zero attached hydrogens (tertiary/aromatic N) is 2. The molecule has 0 radical (unpaired) electrons. The highest BCUT2D eigenvalue weighted by molar-refractivity contribution is 9.10. The number of carbonyl (C=O) groups excluding carboxylic acids is 1. The third-order valence-electron chi connectivity index (χ3n) is 3.05. The molecule has 2 aromatic heterocycles. The standard InChI is InChI=1S/C15H10Br2N4O2/c16-10-1-3-12(4-2-10)21-8-9(6-19-21)14(22)20-13-5-11(17)7-18-15(13)23/h1-8H,(H,18,23)(H,20,22). The smallest absolute Gasteiger partial charge is 0.271 e. The van der Waals surface area contributed by atoms with Crippen molar-refractivity contribution in [1.82, 2.24) is 14.8 Å². The lowest BCUT2D eigenvalue weighted by atomic mass is 10.3. The Hall–Kier alpha value is -2.19. The summed E-state index contributed by atoms with van der Waals surface area (Å²) in [7, 11) is 0. The van der Waals surface area contributed by atoms with E-state index in [-0.39, 0.29) is 11.2 Å². The van der Waals surface area contributed by atoms with Gasteiger partial charge in [0.1, 0.15) is 5.69 Å². The molecule has 0 spiro atoms. The van der Waals surface area contributed by atoms with Crippen molar-refractivity contribution in [2.75, 3.05) is 5.32 Å². The minimum absolute atomic E-state index is 0.167. The van der Waals surface area contributed by atoms with Crippen LogP contribution in [0.4, 0.5) is 5.69 Å². The number of nitrogens with one attached hydrogen (secondary N) is 2. The third-order valence-corrected chi connectivity index (χ3v) is 4.04. The van der Waals surface area contributed by atoms with Crippen LogP contribution < -0.4 is 10.9 Å². The number of amides is 1. The van der Waals surface area contributed by atoms with Gasteiger partial charge in [0, 0.05) is 21.3 Å². The molecule has 8 heteroatoms. The predicted molar refractivity (Wildman–Crippen MR) is 94.0 cm³/mol. The predicted octanol–water partition coefficient (Wildman–Crippen LogP) is 3.34. The van der Waals surface area contributed by atoms with Gasteiger partial charge in [-0.3, -0.25) is 9.59 Å². The second-order valence-corrected chi connectivity index (χ2v) is 6.50. The van der Waals surface area contributed by atoms with E-state index in [0.717, 1.165) is 10.2 Å². The van der Waals surface area contributed by atoms with Gasteiger partial charge in [-0.15, -0.1) is 0 Å². The Morgan fingerprint density at radius 1 is 1.17 bits per heavy atom. The zero-order chi connectivity index (χ0) is 16.4. The van der Waals surface area contributed by atoms with Gasteiger partial charge in [0.25, 0.3) is 11.5 Å². The molecule has 1 amide bonds. The van der Waals surface area contributed by atoms with Crippen LogP contribution in [0.2, 0.25) is 0 Å². The molecule has 0 aliphatic heterocycles. The molecule has 0 unspecified atom stereocenters. The van der Waals surface area contributed by atoms with Crippen molar-refractivity contribution in [3.8, 4) is 5.69 Å². The first kappa shape index (κ1) is 15.7. The van der Waals surface area contributed by atoms with E-state index in [1.807, 2.05) is 24.3 Å². The first-order valence-corrected chi connectivity index (χ1v) is 8.12. The van der Waals surface area contributed by atoms with Crippen LogP contribution in [0.25, 0.3) is 5.69 Å². The van der Waals surface area contributed by atoms with E-state index in [4.69, 9.17) is 0 Å². The Kier molecular flexibility index (Phi) is 4.44. The van der Waals surface area contributed by atoms with Gasteiger partial charge in [0.15, 0.2) is 0 Å². The number of hydrogen-bond donors (Lipinski definition) is 2. The van der Waals surface area contributed by atoms with E-state index in [9.17, 15) is 9.59 Å². The van der Waals surface area contributed by atoms with Crippen molar-refractivity contribution in [2.45, 2.75) is 0 Å². The lowest BCUT2D eigenvalue weighted by Gasteiger charge is -2.03. The number of hydrogen-bond acceptors (Lipinski definition) is 3. The monoisotopic (exact) mass is 436 g/mol. The minimum atomic E-state index is -0.406. The number of pyridine rings is 1. The molecule has 0 aliphatic rings. The Morgan fingerprint density at radius 3 is 2.65 bits per heavy atom. The molecule has 0 aliphatic carbocycles. The van der Waals surface area contributed by atoms with Gasteiger partial charge >= 0.3 is 0 Å². The average molecular weight is 438 g/mol. The van der Waals surface area contributed by atoms with Gasteiger partial charge in [-0.25, -0.2) is 4.68 Å². The van der Waals surface area contributed by atoms with Crippen LogP contribution in [0.1, 0.15) is 10.4 Å². The number of aromatic nitrogens is 3. The van der Waals surface area contributed by atoms with Crippen molar-refractivity contribution in [1.29, 1.82) is 0 Å². The summed E-state index contributed by atoms with van der Waals surface area (Å²) in [4.78, 5) is 26.4. The van der Waals surface area contributed by atoms with E-state index in [2.05, 4.69) is 47.3 Å². The van der Waals surface area contributed by atoms with Crippen LogP contribution in [-0.4, -0.2) is 20.7 Å². The fourth-order valence-corrected chi connectivity index (χ4v) is 2.53. The topological polar surface area (TPSA) is 79.8 Å². The second-order valence-electron chi connectivity index (χ2n) is 4.66. The maximum atomic E-state index is 12.2. The summed E-state index contributed by atoms with van der Waals surface area (Å²) in [6.45, 7) is 0. The van der Waals surface area contributed by atoms with Crippen molar-refractivity contribution in [2.24, 2.45) is 0 Å².